The van der Waals surface area contributed by atoms with E-state index in [4.69, 9.17) is 4.84 Å². The van der Waals surface area contributed by atoms with Crippen LogP contribution in [0.5, 0.6) is 0 Å². The minimum Gasteiger partial charge on any atom is -0.368 e. The number of piperazine rings is 1. The monoisotopic (exact) mass is 345 g/mol. The van der Waals surface area contributed by atoms with Crippen LogP contribution in [0.25, 0.3) is 0 Å². The molecule has 2 heterocycles. The van der Waals surface area contributed by atoms with Gasteiger partial charge in [0.1, 0.15) is 0 Å². The van der Waals surface area contributed by atoms with Gasteiger partial charge in [0.25, 0.3) is 0 Å². The van der Waals surface area contributed by atoms with Crippen molar-refractivity contribution < 1.29 is 14.4 Å². The zero-order valence-electron chi connectivity index (χ0n) is 14.7. The highest BCUT2D eigenvalue weighted by molar-refractivity contribution is 5.83. The van der Waals surface area contributed by atoms with Crippen LogP contribution in [0.4, 0.5) is 5.69 Å². The fourth-order valence-corrected chi connectivity index (χ4v) is 3.32. The summed E-state index contributed by atoms with van der Waals surface area (Å²) in [5, 5.41) is 1.45. The second kappa shape index (κ2) is 8.85. The predicted octanol–water partition coefficient (Wildman–Crippen LogP) is 2.06. The lowest BCUT2D eigenvalue weighted by atomic mass is 10.2. The van der Waals surface area contributed by atoms with Crippen LogP contribution in [-0.4, -0.2) is 61.1 Å². The summed E-state index contributed by atoms with van der Waals surface area (Å²) >= 11 is 0. The van der Waals surface area contributed by atoms with E-state index in [1.165, 1.54) is 10.8 Å². The van der Waals surface area contributed by atoms with Gasteiger partial charge in [-0.2, -0.15) is 0 Å². The molecule has 0 saturated carbocycles. The number of nitrogens with zero attached hydrogens (tertiary/aromatic N) is 3. The van der Waals surface area contributed by atoms with Crippen molar-refractivity contribution in [2.75, 3.05) is 44.2 Å². The van der Waals surface area contributed by atoms with Gasteiger partial charge in [-0.25, -0.2) is 5.06 Å². The van der Waals surface area contributed by atoms with Gasteiger partial charge in [0.2, 0.25) is 11.8 Å². The molecular weight excluding hydrogens is 318 g/mol. The summed E-state index contributed by atoms with van der Waals surface area (Å²) < 4.78 is 0. The van der Waals surface area contributed by atoms with E-state index in [1.54, 1.807) is 0 Å². The molecule has 0 atom stereocenters. The first-order valence-electron chi connectivity index (χ1n) is 9.25. The molecule has 0 spiro atoms. The Hall–Kier alpha value is -2.08. The third kappa shape index (κ3) is 4.95. The van der Waals surface area contributed by atoms with Crippen LogP contribution in [0, 0.1) is 0 Å². The summed E-state index contributed by atoms with van der Waals surface area (Å²) in [4.78, 5) is 34.2. The van der Waals surface area contributed by atoms with Gasteiger partial charge in [-0.1, -0.05) is 18.2 Å². The highest BCUT2D eigenvalue weighted by Crippen LogP contribution is 2.16. The van der Waals surface area contributed by atoms with E-state index >= 15 is 0 Å². The number of carbonyl (C=O) groups is 2. The van der Waals surface area contributed by atoms with Gasteiger partial charge in [-0.15, -0.1) is 0 Å². The fourth-order valence-electron chi connectivity index (χ4n) is 3.32. The number of benzene rings is 1. The quantitative estimate of drug-likeness (QED) is 0.838. The molecule has 2 aliphatic heterocycles. The molecule has 0 unspecified atom stereocenters. The normalized spacial score (nSPS) is 18.8. The number of amides is 2. The minimum absolute atomic E-state index is 0.0656. The zero-order chi connectivity index (χ0) is 17.5. The number of anilines is 1. The Bertz CT molecular complexity index is 563. The van der Waals surface area contributed by atoms with Gasteiger partial charge in [-0.3, -0.25) is 14.4 Å². The standard InChI is InChI=1S/C19H27N3O3/c23-18(9-10-19(24)22-11-5-2-6-16-25-22)21-14-12-20(13-15-21)17-7-3-1-4-8-17/h1,3-4,7-8H,2,5-6,9-16H2. The van der Waals surface area contributed by atoms with E-state index in [9.17, 15) is 9.59 Å². The van der Waals surface area contributed by atoms with Crippen LogP contribution in [0.15, 0.2) is 30.3 Å². The van der Waals surface area contributed by atoms with Gasteiger partial charge < -0.3 is 9.80 Å². The third-order valence-electron chi connectivity index (χ3n) is 4.84. The van der Waals surface area contributed by atoms with Crippen molar-refractivity contribution in [3.8, 4) is 0 Å². The lowest BCUT2D eigenvalue weighted by molar-refractivity contribution is -0.184. The molecule has 1 aromatic rings. The van der Waals surface area contributed by atoms with Gasteiger partial charge in [0.05, 0.1) is 6.61 Å². The topological polar surface area (TPSA) is 53.1 Å². The molecule has 6 heteroatoms. The Morgan fingerprint density at radius 1 is 0.840 bits per heavy atom. The maximum Gasteiger partial charge on any atom is 0.246 e. The molecule has 2 saturated heterocycles. The Morgan fingerprint density at radius 3 is 2.32 bits per heavy atom. The van der Waals surface area contributed by atoms with Crippen LogP contribution < -0.4 is 4.90 Å². The highest BCUT2D eigenvalue weighted by Gasteiger charge is 2.23. The third-order valence-corrected chi connectivity index (χ3v) is 4.84. The second-order valence-electron chi connectivity index (χ2n) is 6.59. The van der Waals surface area contributed by atoms with Crippen LogP contribution in [0.2, 0.25) is 0 Å². The van der Waals surface area contributed by atoms with Crippen LogP contribution in [0.1, 0.15) is 32.1 Å². The first-order valence-corrected chi connectivity index (χ1v) is 9.25. The first-order chi connectivity index (χ1) is 12.2. The molecule has 136 valence electrons. The molecule has 2 aliphatic rings. The van der Waals surface area contributed by atoms with E-state index in [-0.39, 0.29) is 24.7 Å². The van der Waals surface area contributed by atoms with E-state index in [0.717, 1.165) is 32.4 Å². The summed E-state index contributed by atoms with van der Waals surface area (Å²) in [6.45, 7) is 4.33. The summed E-state index contributed by atoms with van der Waals surface area (Å²) in [6.07, 6.45) is 3.56. The van der Waals surface area contributed by atoms with E-state index in [1.807, 2.05) is 23.1 Å². The van der Waals surface area contributed by atoms with E-state index in [0.29, 0.717) is 26.2 Å². The highest BCUT2D eigenvalue weighted by atomic mass is 16.7. The molecule has 6 nitrogen and oxygen atoms in total. The molecule has 0 bridgehead atoms. The summed E-state index contributed by atoms with van der Waals surface area (Å²) in [5.41, 5.74) is 1.20. The average Bonchev–Trinajstić information content (AvgIpc) is 2.96. The van der Waals surface area contributed by atoms with Gasteiger partial charge in [-0.05, 0) is 31.4 Å². The predicted molar refractivity (Wildman–Crippen MR) is 96.0 cm³/mol. The Labute approximate surface area is 149 Å². The molecule has 0 aliphatic carbocycles. The molecule has 1 aromatic carbocycles. The molecule has 2 fully saturated rings. The van der Waals surface area contributed by atoms with Crippen molar-refractivity contribution in [3.05, 3.63) is 30.3 Å². The van der Waals surface area contributed by atoms with Crippen molar-refractivity contribution in [1.82, 2.24) is 9.96 Å². The van der Waals surface area contributed by atoms with Crippen molar-refractivity contribution in [2.45, 2.75) is 32.1 Å². The molecule has 0 radical (unpaired) electrons. The number of rotatable bonds is 4. The molecule has 0 N–H and O–H groups in total. The number of hydrogen-bond acceptors (Lipinski definition) is 4. The number of hydroxylamine groups is 2. The molecule has 2 amide bonds. The van der Waals surface area contributed by atoms with Gasteiger partial charge in [0.15, 0.2) is 0 Å². The van der Waals surface area contributed by atoms with Crippen LogP contribution in [-0.2, 0) is 14.4 Å². The van der Waals surface area contributed by atoms with Crippen molar-refractivity contribution in [1.29, 1.82) is 0 Å². The summed E-state index contributed by atoms with van der Waals surface area (Å²) in [7, 11) is 0. The van der Waals surface area contributed by atoms with Crippen LogP contribution >= 0.6 is 0 Å². The SMILES string of the molecule is O=C(CCC(=O)N1CCCCCO1)N1CCN(c2ccccc2)CC1. The Balaban J connectivity index is 1.41. The van der Waals surface area contributed by atoms with Crippen molar-refractivity contribution in [2.24, 2.45) is 0 Å². The second-order valence-corrected chi connectivity index (χ2v) is 6.59. The number of hydrogen-bond donors (Lipinski definition) is 0. The lowest BCUT2D eigenvalue weighted by Gasteiger charge is -2.36. The first kappa shape index (κ1) is 17.7. The number of carbonyl (C=O) groups excluding carboxylic acids is 2. The maximum absolute atomic E-state index is 12.4. The molecule has 25 heavy (non-hydrogen) atoms. The summed E-state index contributed by atoms with van der Waals surface area (Å²) in [5.74, 6) is -0.00550. The minimum atomic E-state index is -0.0711. The lowest BCUT2D eigenvalue weighted by Crippen LogP contribution is -2.49. The molecule has 0 aromatic heterocycles. The largest absolute Gasteiger partial charge is 0.368 e. The maximum atomic E-state index is 12.4. The summed E-state index contributed by atoms with van der Waals surface area (Å²) in [6, 6.07) is 10.3. The van der Waals surface area contributed by atoms with E-state index in [2.05, 4.69) is 17.0 Å². The van der Waals surface area contributed by atoms with Gasteiger partial charge >= 0.3 is 0 Å². The molecule has 3 rings (SSSR count). The van der Waals surface area contributed by atoms with Crippen molar-refractivity contribution >= 4 is 17.5 Å². The Morgan fingerprint density at radius 2 is 1.56 bits per heavy atom. The zero-order valence-corrected chi connectivity index (χ0v) is 14.7. The average molecular weight is 345 g/mol. The van der Waals surface area contributed by atoms with Crippen LogP contribution in [0.3, 0.4) is 0 Å². The Kier molecular flexibility index (Phi) is 6.28. The number of para-hydroxylation sites is 1. The van der Waals surface area contributed by atoms with Gasteiger partial charge in [0, 0.05) is 51.3 Å². The smallest absolute Gasteiger partial charge is 0.246 e. The molecular formula is C19H27N3O3. The fraction of sp³-hybridized carbons (Fsp3) is 0.579. The van der Waals surface area contributed by atoms with E-state index < -0.39 is 0 Å². The van der Waals surface area contributed by atoms with Crippen molar-refractivity contribution in [3.63, 3.8) is 0 Å².